The van der Waals surface area contributed by atoms with Crippen molar-refractivity contribution in [2.24, 2.45) is 0 Å². The standard InChI is InChI=1S/C24H25FN6O3/c1-34-22(32)21(16-5-3-2-4-6-16)30-24(33)28-19-12-14-31(15-19)20-11-13-26-23(29-20)27-18-9-7-17(25)8-10-18/h2-11,13,19,21H,12,14-15H2,1H3,(H,26,27,29)(H2,28,30,33)/t19-,21-/m1/s1. The van der Waals surface area contributed by atoms with Gasteiger partial charge in [-0.1, -0.05) is 30.3 Å². The van der Waals surface area contributed by atoms with E-state index in [1.807, 2.05) is 11.0 Å². The summed E-state index contributed by atoms with van der Waals surface area (Å²) in [5.41, 5.74) is 1.31. The quantitative estimate of drug-likeness (QED) is 0.461. The Morgan fingerprint density at radius 3 is 2.62 bits per heavy atom. The summed E-state index contributed by atoms with van der Waals surface area (Å²) < 4.78 is 18.0. The molecule has 1 fully saturated rings. The molecule has 1 aromatic heterocycles. The monoisotopic (exact) mass is 464 g/mol. The highest BCUT2D eigenvalue weighted by Gasteiger charge is 2.28. The van der Waals surface area contributed by atoms with Crippen molar-refractivity contribution in [3.63, 3.8) is 0 Å². The number of hydrogen-bond acceptors (Lipinski definition) is 7. The van der Waals surface area contributed by atoms with Crippen molar-refractivity contribution in [3.05, 3.63) is 78.2 Å². The van der Waals surface area contributed by atoms with Crippen LogP contribution in [0.25, 0.3) is 0 Å². The third-order valence-electron chi connectivity index (χ3n) is 5.43. The van der Waals surface area contributed by atoms with Gasteiger partial charge in [-0.2, -0.15) is 4.98 Å². The lowest BCUT2D eigenvalue weighted by Gasteiger charge is -2.20. The summed E-state index contributed by atoms with van der Waals surface area (Å²) in [7, 11) is 1.29. The molecule has 0 unspecified atom stereocenters. The molecule has 3 aromatic rings. The molecule has 176 valence electrons. The minimum Gasteiger partial charge on any atom is -0.467 e. The number of nitrogens with one attached hydrogen (secondary N) is 3. The number of anilines is 3. The highest BCUT2D eigenvalue weighted by atomic mass is 19.1. The molecule has 1 aliphatic heterocycles. The molecule has 0 bridgehead atoms. The lowest BCUT2D eigenvalue weighted by atomic mass is 10.1. The first-order valence-corrected chi connectivity index (χ1v) is 10.8. The number of esters is 1. The number of halogens is 1. The number of rotatable bonds is 7. The zero-order chi connectivity index (χ0) is 23.9. The molecule has 3 N–H and O–H groups in total. The zero-order valence-corrected chi connectivity index (χ0v) is 18.6. The van der Waals surface area contributed by atoms with Gasteiger partial charge in [-0.05, 0) is 42.3 Å². The predicted molar refractivity (Wildman–Crippen MR) is 125 cm³/mol. The summed E-state index contributed by atoms with van der Waals surface area (Å²) >= 11 is 0. The third kappa shape index (κ3) is 5.77. The summed E-state index contributed by atoms with van der Waals surface area (Å²) in [5, 5.41) is 8.68. The molecule has 0 aliphatic carbocycles. The second-order valence-electron chi connectivity index (χ2n) is 7.79. The summed E-state index contributed by atoms with van der Waals surface area (Å²) in [6.07, 6.45) is 2.36. The van der Waals surface area contributed by atoms with Crippen LogP contribution >= 0.6 is 0 Å². The van der Waals surface area contributed by atoms with Gasteiger partial charge < -0.3 is 25.6 Å². The molecular formula is C24H25FN6O3. The Morgan fingerprint density at radius 1 is 1.12 bits per heavy atom. The summed E-state index contributed by atoms with van der Waals surface area (Å²) in [6, 6.07) is 15.2. The number of nitrogens with zero attached hydrogens (tertiary/aromatic N) is 3. The van der Waals surface area contributed by atoms with Crippen molar-refractivity contribution in [1.29, 1.82) is 0 Å². The number of ether oxygens (including phenoxy) is 1. The number of benzene rings is 2. The van der Waals surface area contributed by atoms with Gasteiger partial charge in [0.05, 0.1) is 7.11 Å². The lowest BCUT2D eigenvalue weighted by Crippen LogP contribution is -2.46. The normalized spacial score (nSPS) is 15.9. The van der Waals surface area contributed by atoms with E-state index in [0.29, 0.717) is 42.5 Å². The largest absolute Gasteiger partial charge is 0.467 e. The molecule has 1 saturated heterocycles. The van der Waals surface area contributed by atoms with Gasteiger partial charge in [0.2, 0.25) is 5.95 Å². The summed E-state index contributed by atoms with van der Waals surface area (Å²) in [4.78, 5) is 35.6. The van der Waals surface area contributed by atoms with Crippen LogP contribution in [-0.2, 0) is 9.53 Å². The fourth-order valence-electron chi connectivity index (χ4n) is 3.73. The smallest absolute Gasteiger partial charge is 0.333 e. The van der Waals surface area contributed by atoms with Gasteiger partial charge >= 0.3 is 12.0 Å². The average molecular weight is 465 g/mol. The van der Waals surface area contributed by atoms with E-state index in [-0.39, 0.29) is 11.9 Å². The minimum absolute atomic E-state index is 0.127. The van der Waals surface area contributed by atoms with Gasteiger partial charge in [-0.25, -0.2) is 19.0 Å². The number of hydrogen-bond donors (Lipinski definition) is 3. The molecule has 1 aliphatic rings. The molecule has 0 spiro atoms. The molecule has 2 heterocycles. The molecule has 0 radical (unpaired) electrons. The maximum Gasteiger partial charge on any atom is 0.333 e. The molecule has 34 heavy (non-hydrogen) atoms. The number of aromatic nitrogens is 2. The highest BCUT2D eigenvalue weighted by Crippen LogP contribution is 2.21. The number of methoxy groups -OCH3 is 1. The van der Waals surface area contributed by atoms with E-state index < -0.39 is 18.0 Å². The Bertz CT molecular complexity index is 1130. The Morgan fingerprint density at radius 2 is 1.88 bits per heavy atom. The Balaban J connectivity index is 1.34. The molecular weight excluding hydrogens is 439 g/mol. The molecule has 0 saturated carbocycles. The maximum atomic E-state index is 13.1. The molecule has 10 heteroatoms. The summed E-state index contributed by atoms with van der Waals surface area (Å²) in [6.45, 7) is 1.24. The van der Waals surface area contributed by atoms with Crippen LogP contribution in [0.3, 0.4) is 0 Å². The van der Waals surface area contributed by atoms with E-state index in [1.165, 1.54) is 19.2 Å². The van der Waals surface area contributed by atoms with E-state index in [1.54, 1.807) is 48.7 Å². The van der Waals surface area contributed by atoms with Crippen LogP contribution in [0, 0.1) is 5.82 Å². The van der Waals surface area contributed by atoms with Crippen molar-refractivity contribution >= 4 is 29.5 Å². The third-order valence-corrected chi connectivity index (χ3v) is 5.43. The van der Waals surface area contributed by atoms with E-state index >= 15 is 0 Å². The van der Waals surface area contributed by atoms with Crippen LogP contribution in [0.2, 0.25) is 0 Å². The van der Waals surface area contributed by atoms with E-state index in [0.717, 1.165) is 0 Å². The zero-order valence-electron chi connectivity index (χ0n) is 18.6. The molecule has 4 rings (SSSR count). The van der Waals surface area contributed by atoms with Crippen molar-refractivity contribution in [1.82, 2.24) is 20.6 Å². The van der Waals surface area contributed by atoms with Crippen molar-refractivity contribution in [3.8, 4) is 0 Å². The highest BCUT2D eigenvalue weighted by molar-refractivity contribution is 5.84. The number of carbonyl (C=O) groups is 2. The minimum atomic E-state index is -0.898. The van der Waals surface area contributed by atoms with Crippen LogP contribution in [-0.4, -0.2) is 48.2 Å². The van der Waals surface area contributed by atoms with E-state index in [4.69, 9.17) is 4.74 Å². The average Bonchev–Trinajstić information content (AvgIpc) is 3.32. The number of carbonyl (C=O) groups excluding carboxylic acids is 2. The Hall–Kier alpha value is -4.21. The molecule has 2 atom stereocenters. The first-order valence-electron chi connectivity index (χ1n) is 10.8. The fraction of sp³-hybridized carbons (Fsp3) is 0.250. The van der Waals surface area contributed by atoms with Gasteiger partial charge in [0.25, 0.3) is 0 Å². The van der Waals surface area contributed by atoms with Crippen LogP contribution in [0.4, 0.5) is 26.6 Å². The Labute approximate surface area is 196 Å². The maximum absolute atomic E-state index is 13.1. The van der Waals surface area contributed by atoms with Crippen molar-refractivity contribution < 1.29 is 18.7 Å². The summed E-state index contributed by atoms with van der Waals surface area (Å²) in [5.74, 6) is 0.237. The van der Waals surface area contributed by atoms with Gasteiger partial charge in [-0.15, -0.1) is 0 Å². The van der Waals surface area contributed by atoms with E-state index in [9.17, 15) is 14.0 Å². The topological polar surface area (TPSA) is 108 Å². The van der Waals surface area contributed by atoms with Crippen LogP contribution < -0.4 is 20.9 Å². The van der Waals surface area contributed by atoms with E-state index in [2.05, 4.69) is 25.9 Å². The number of amides is 2. The van der Waals surface area contributed by atoms with Gasteiger partial charge in [0.15, 0.2) is 6.04 Å². The number of urea groups is 1. The predicted octanol–water partition coefficient (Wildman–Crippen LogP) is 3.15. The van der Waals surface area contributed by atoms with Crippen LogP contribution in [0.1, 0.15) is 18.0 Å². The van der Waals surface area contributed by atoms with Crippen LogP contribution in [0.15, 0.2) is 66.9 Å². The van der Waals surface area contributed by atoms with Gasteiger partial charge in [0, 0.05) is 31.0 Å². The van der Waals surface area contributed by atoms with Crippen molar-refractivity contribution in [2.75, 3.05) is 30.4 Å². The van der Waals surface area contributed by atoms with Crippen LogP contribution in [0.5, 0.6) is 0 Å². The fourth-order valence-corrected chi connectivity index (χ4v) is 3.73. The van der Waals surface area contributed by atoms with Gasteiger partial charge in [0.1, 0.15) is 11.6 Å². The van der Waals surface area contributed by atoms with Gasteiger partial charge in [-0.3, -0.25) is 0 Å². The molecule has 9 nitrogen and oxygen atoms in total. The second kappa shape index (κ2) is 10.6. The molecule has 2 aromatic carbocycles. The first-order chi connectivity index (χ1) is 16.5. The lowest BCUT2D eigenvalue weighted by molar-refractivity contribution is -0.143. The van der Waals surface area contributed by atoms with Crippen molar-refractivity contribution in [2.45, 2.75) is 18.5 Å². The SMILES string of the molecule is COC(=O)[C@H](NC(=O)N[C@@H]1CCN(c2ccnc(Nc3ccc(F)cc3)n2)C1)c1ccccc1. The first kappa shape index (κ1) is 23.0. The molecule has 2 amide bonds. The second-order valence-corrected chi connectivity index (χ2v) is 7.79. The Kier molecular flexibility index (Phi) is 7.16.